The van der Waals surface area contributed by atoms with Gasteiger partial charge in [-0.3, -0.25) is 9.35 Å². The fraction of sp³-hybridized carbons (Fsp3) is 0.286. The zero-order valence-electron chi connectivity index (χ0n) is 6.89. The molecule has 76 valence electrons. The lowest BCUT2D eigenvalue weighted by Crippen LogP contribution is -2.04. The number of Topliss-reactive ketones (excluding diaryl/α,β-unsaturated/α-hetero) is 1. The lowest BCUT2D eigenvalue weighted by molar-refractivity contribution is 0.0985. The van der Waals surface area contributed by atoms with Crippen LogP contribution < -0.4 is 0 Å². The smallest absolute Gasteiger partial charge is 0.294 e. The largest absolute Gasteiger partial charge is 0.304 e. The molecule has 0 saturated heterocycles. The predicted molar refractivity (Wildman–Crippen MR) is 53.8 cm³/mol. The van der Waals surface area contributed by atoms with Gasteiger partial charge in [-0.2, -0.15) is 8.42 Å². The Hall–Kier alpha value is -0.370. The summed E-state index contributed by atoms with van der Waals surface area (Å²) in [6.07, 6.45) is 0.430. The Morgan fingerprint density at radius 3 is 2.71 bits per heavy atom. The number of rotatable bonds is 1. The number of carbonyl (C=O) groups excluding carboxylic acids is 1. The molecule has 1 N–H and O–H groups in total. The minimum absolute atomic E-state index is 0.0510. The van der Waals surface area contributed by atoms with E-state index in [0.717, 1.165) is 11.3 Å². The van der Waals surface area contributed by atoms with Crippen LogP contribution >= 0.6 is 23.1 Å². The number of hydrogen-bond donors (Lipinski definition) is 1. The van der Waals surface area contributed by atoms with Gasteiger partial charge in [-0.1, -0.05) is 0 Å². The highest BCUT2D eigenvalue weighted by Gasteiger charge is 2.24. The standard InChI is InChI=1S/C7H6O4S3/c8-5-1-2-12-7-4(5)3-6(13-7)14(9,10)11/h3H,1-2H2,(H,9,10,11). The third kappa shape index (κ3) is 1.72. The molecular weight excluding hydrogens is 244 g/mol. The number of thioether (sulfide) groups is 1. The van der Waals surface area contributed by atoms with Gasteiger partial charge in [0.1, 0.15) is 4.21 Å². The number of carbonyl (C=O) groups is 1. The van der Waals surface area contributed by atoms with Crippen LogP contribution in [0.2, 0.25) is 0 Å². The van der Waals surface area contributed by atoms with Crippen molar-refractivity contribution in [1.29, 1.82) is 0 Å². The molecule has 0 bridgehead atoms. The molecule has 4 nitrogen and oxygen atoms in total. The van der Waals surface area contributed by atoms with Crippen molar-refractivity contribution in [2.24, 2.45) is 0 Å². The van der Waals surface area contributed by atoms with Gasteiger partial charge in [-0.05, 0) is 6.07 Å². The second-order valence-corrected chi connectivity index (χ2v) is 6.83. The molecular formula is C7H6O4S3. The van der Waals surface area contributed by atoms with Gasteiger partial charge in [0.2, 0.25) is 0 Å². The molecule has 7 heteroatoms. The molecule has 1 aliphatic rings. The highest BCUT2D eigenvalue weighted by molar-refractivity contribution is 8.01. The zero-order chi connectivity index (χ0) is 10.3. The van der Waals surface area contributed by atoms with Crippen LogP contribution in [0.4, 0.5) is 0 Å². The molecule has 0 fully saturated rings. The van der Waals surface area contributed by atoms with E-state index >= 15 is 0 Å². The van der Waals surface area contributed by atoms with E-state index in [1.54, 1.807) is 0 Å². The van der Waals surface area contributed by atoms with Crippen molar-refractivity contribution >= 4 is 39.0 Å². The number of fused-ring (bicyclic) bond motifs is 1. The highest BCUT2D eigenvalue weighted by Crippen LogP contribution is 2.38. The number of thiophene rings is 1. The summed E-state index contributed by atoms with van der Waals surface area (Å²) < 4.78 is 30.9. The van der Waals surface area contributed by atoms with E-state index in [4.69, 9.17) is 4.55 Å². The van der Waals surface area contributed by atoms with E-state index in [9.17, 15) is 13.2 Å². The monoisotopic (exact) mass is 250 g/mol. The lowest BCUT2D eigenvalue weighted by Gasteiger charge is -2.07. The topological polar surface area (TPSA) is 71.4 Å². The lowest BCUT2D eigenvalue weighted by atomic mass is 10.2. The second-order valence-electron chi connectivity index (χ2n) is 2.76. The van der Waals surface area contributed by atoms with E-state index in [-0.39, 0.29) is 9.99 Å². The minimum Gasteiger partial charge on any atom is -0.294 e. The number of hydrogen-bond acceptors (Lipinski definition) is 5. The Labute approximate surface area is 89.1 Å². The fourth-order valence-electron chi connectivity index (χ4n) is 1.15. The summed E-state index contributed by atoms with van der Waals surface area (Å²) in [5, 5.41) is 0. The first kappa shape index (κ1) is 10.2. The Balaban J connectivity index is 2.56. The minimum atomic E-state index is -4.17. The van der Waals surface area contributed by atoms with Crippen LogP contribution in [0, 0.1) is 0 Å². The van der Waals surface area contributed by atoms with Gasteiger partial charge in [-0.25, -0.2) is 0 Å². The first-order chi connectivity index (χ1) is 6.48. The van der Waals surface area contributed by atoms with Gasteiger partial charge in [-0.15, -0.1) is 23.1 Å². The van der Waals surface area contributed by atoms with Crippen LogP contribution in [0.5, 0.6) is 0 Å². The Bertz CT molecular complexity index is 485. The molecule has 0 atom stereocenters. The average molecular weight is 250 g/mol. The first-order valence-electron chi connectivity index (χ1n) is 3.76. The van der Waals surface area contributed by atoms with Crippen LogP contribution in [-0.4, -0.2) is 24.5 Å². The van der Waals surface area contributed by atoms with E-state index < -0.39 is 10.1 Å². The second kappa shape index (κ2) is 3.34. The van der Waals surface area contributed by atoms with Gasteiger partial charge in [0.05, 0.1) is 4.21 Å². The summed E-state index contributed by atoms with van der Waals surface area (Å²) in [7, 11) is -4.17. The maximum Gasteiger partial charge on any atom is 0.304 e. The van der Waals surface area contributed by atoms with Crippen LogP contribution in [0.25, 0.3) is 0 Å². The fourth-order valence-corrected chi connectivity index (χ4v) is 4.45. The molecule has 0 spiro atoms. The third-order valence-electron chi connectivity index (χ3n) is 1.79. The molecule has 0 aromatic carbocycles. The van der Waals surface area contributed by atoms with Crippen LogP contribution in [-0.2, 0) is 10.1 Å². The quantitative estimate of drug-likeness (QED) is 0.768. The molecule has 2 heterocycles. The Kier molecular flexibility index (Phi) is 2.42. The van der Waals surface area contributed by atoms with Crippen molar-refractivity contribution in [3.8, 4) is 0 Å². The van der Waals surface area contributed by atoms with Gasteiger partial charge >= 0.3 is 10.1 Å². The zero-order valence-corrected chi connectivity index (χ0v) is 9.34. The molecule has 0 radical (unpaired) electrons. The molecule has 0 saturated carbocycles. The third-order valence-corrected chi connectivity index (χ3v) is 5.52. The van der Waals surface area contributed by atoms with Crippen molar-refractivity contribution in [2.45, 2.75) is 14.8 Å². The molecule has 2 rings (SSSR count). The summed E-state index contributed by atoms with van der Waals surface area (Å²) in [6.45, 7) is 0. The first-order valence-corrected chi connectivity index (χ1v) is 7.00. The van der Waals surface area contributed by atoms with Crippen molar-refractivity contribution < 1.29 is 17.8 Å². The molecule has 0 aliphatic carbocycles. The van der Waals surface area contributed by atoms with Crippen molar-refractivity contribution in [3.05, 3.63) is 11.6 Å². The van der Waals surface area contributed by atoms with Crippen LogP contribution in [0.1, 0.15) is 16.8 Å². The summed E-state index contributed by atoms with van der Waals surface area (Å²) >= 11 is 2.40. The number of ketones is 1. The molecule has 0 amide bonds. The summed E-state index contributed by atoms with van der Waals surface area (Å²) in [5.41, 5.74) is 0.430. The maximum atomic E-state index is 11.3. The molecule has 0 unspecified atom stereocenters. The Morgan fingerprint density at radius 1 is 1.43 bits per heavy atom. The van der Waals surface area contributed by atoms with E-state index in [1.807, 2.05) is 0 Å². The highest BCUT2D eigenvalue weighted by atomic mass is 32.3. The molecule has 1 aromatic heterocycles. The maximum absolute atomic E-state index is 11.3. The van der Waals surface area contributed by atoms with Crippen molar-refractivity contribution in [1.82, 2.24) is 0 Å². The average Bonchev–Trinajstić information content (AvgIpc) is 2.48. The van der Waals surface area contributed by atoms with Crippen molar-refractivity contribution in [3.63, 3.8) is 0 Å². The summed E-state index contributed by atoms with van der Waals surface area (Å²) in [5.74, 6) is 0.627. The summed E-state index contributed by atoms with van der Waals surface area (Å²) in [4.78, 5) is 11.3. The van der Waals surface area contributed by atoms with Gasteiger partial charge in [0.15, 0.2) is 5.78 Å². The van der Waals surface area contributed by atoms with Crippen molar-refractivity contribution in [2.75, 3.05) is 5.75 Å². The van der Waals surface area contributed by atoms with Gasteiger partial charge in [0, 0.05) is 17.7 Å². The molecule has 14 heavy (non-hydrogen) atoms. The summed E-state index contributed by atoms with van der Waals surface area (Å²) in [6, 6.07) is 1.25. The van der Waals surface area contributed by atoms with E-state index in [2.05, 4.69) is 0 Å². The van der Waals surface area contributed by atoms with E-state index in [1.165, 1.54) is 17.8 Å². The van der Waals surface area contributed by atoms with Crippen LogP contribution in [0.15, 0.2) is 14.5 Å². The van der Waals surface area contributed by atoms with Gasteiger partial charge < -0.3 is 0 Å². The predicted octanol–water partition coefficient (Wildman–Crippen LogP) is 1.67. The normalized spacial score (nSPS) is 16.8. The van der Waals surface area contributed by atoms with E-state index in [0.29, 0.717) is 21.9 Å². The Morgan fingerprint density at radius 2 is 2.14 bits per heavy atom. The molecule has 1 aromatic rings. The SMILES string of the molecule is O=C1CCSc2sc(S(=O)(=O)O)cc21. The molecule has 1 aliphatic heterocycles. The van der Waals surface area contributed by atoms with Crippen LogP contribution in [0.3, 0.4) is 0 Å². The van der Waals surface area contributed by atoms with Gasteiger partial charge in [0.25, 0.3) is 0 Å².